The van der Waals surface area contributed by atoms with Gasteiger partial charge in [-0.25, -0.2) is 22.8 Å². The fourth-order valence-corrected chi connectivity index (χ4v) is 5.35. The van der Waals surface area contributed by atoms with Gasteiger partial charge in [0, 0.05) is 53.8 Å². The quantitative estimate of drug-likeness (QED) is 0.227. The summed E-state index contributed by atoms with van der Waals surface area (Å²) in [5, 5.41) is 11.5. The molecule has 0 aliphatic carbocycles. The minimum atomic E-state index is -3.19. The molecule has 6 aromatic rings. The van der Waals surface area contributed by atoms with E-state index >= 15 is 0 Å². The predicted octanol–water partition coefficient (Wildman–Crippen LogP) is 5.17. The third-order valence-electron chi connectivity index (χ3n) is 6.57. The number of benzene rings is 1. The van der Waals surface area contributed by atoms with Gasteiger partial charge in [0.2, 0.25) is 0 Å². The van der Waals surface area contributed by atoms with E-state index in [9.17, 15) is 12.8 Å². The van der Waals surface area contributed by atoms with Crippen molar-refractivity contribution >= 4 is 37.6 Å². The number of aromatic nitrogens is 7. The first-order valence-electron chi connectivity index (χ1n) is 13.0. The molecule has 3 N–H and O–H groups in total. The van der Waals surface area contributed by atoms with Crippen LogP contribution in [0, 0.1) is 5.82 Å². The van der Waals surface area contributed by atoms with Gasteiger partial charge in [-0.2, -0.15) is 5.10 Å². The first kappa shape index (κ1) is 26.5. The van der Waals surface area contributed by atoms with Gasteiger partial charge >= 0.3 is 0 Å². The van der Waals surface area contributed by atoms with Crippen molar-refractivity contribution in [1.82, 2.24) is 35.1 Å². The molecule has 5 heterocycles. The number of hydrogen-bond donors (Lipinski definition) is 3. The van der Waals surface area contributed by atoms with Crippen molar-refractivity contribution in [3.05, 3.63) is 72.6 Å². The minimum Gasteiger partial charge on any atom is -0.382 e. The lowest BCUT2D eigenvalue weighted by molar-refractivity contribution is 0.600. The maximum atomic E-state index is 14.6. The Labute approximate surface area is 235 Å². The number of aromatic amines is 2. The second-order valence-corrected chi connectivity index (χ2v) is 12.6. The van der Waals surface area contributed by atoms with Crippen molar-refractivity contribution in [2.24, 2.45) is 0 Å². The molecule has 5 aromatic heterocycles. The van der Waals surface area contributed by atoms with Gasteiger partial charge in [-0.3, -0.25) is 15.1 Å². The van der Waals surface area contributed by atoms with Crippen molar-refractivity contribution in [2.45, 2.75) is 26.3 Å². The van der Waals surface area contributed by atoms with E-state index in [0.29, 0.717) is 45.0 Å². The highest BCUT2D eigenvalue weighted by molar-refractivity contribution is 7.90. The number of imidazole rings is 1. The first-order chi connectivity index (χ1) is 19.6. The summed E-state index contributed by atoms with van der Waals surface area (Å²) in [6.45, 7) is 4.14. The topological polar surface area (TPSA) is 142 Å². The molecule has 0 aliphatic heterocycles. The highest BCUT2D eigenvalue weighted by Crippen LogP contribution is 2.32. The molecule has 0 saturated heterocycles. The smallest absolute Gasteiger partial charge is 0.181 e. The summed E-state index contributed by atoms with van der Waals surface area (Å²) in [6, 6.07) is 10.5. The number of sulfone groups is 1. The Kier molecular flexibility index (Phi) is 6.70. The molecular weight excluding hydrogens is 543 g/mol. The number of H-pyrrole nitrogens is 2. The second-order valence-electron chi connectivity index (χ2n) is 10.3. The fraction of sp³-hybridized carbons (Fsp3) is 0.207. The van der Waals surface area contributed by atoms with E-state index in [1.165, 1.54) is 12.1 Å². The molecule has 1 aromatic carbocycles. The van der Waals surface area contributed by atoms with E-state index in [0.717, 1.165) is 28.5 Å². The minimum absolute atomic E-state index is 0.0718. The number of pyridine rings is 3. The van der Waals surface area contributed by atoms with E-state index in [2.05, 4.69) is 49.3 Å². The summed E-state index contributed by atoms with van der Waals surface area (Å²) in [5.74, 6) is -0.0175. The molecule has 0 aliphatic rings. The zero-order valence-electron chi connectivity index (χ0n) is 22.6. The standard InChI is InChI=1S/C29H27FN8O2S/c1-16(2)34-22-11-19(13-31-15-22)20-12-23-26(37-38-28(23)33-14-20)29-35-24-4-6-32-25(27(24)36-29)18-8-17(9-21(30)10-18)5-7-41(3,39)40/h4,6,8-16,34H,5,7H2,1-3H3,(H,35,36)(H,33,37,38). The number of nitrogens with one attached hydrogen (secondary N) is 3. The lowest BCUT2D eigenvalue weighted by Crippen LogP contribution is -2.09. The molecule has 208 valence electrons. The fourth-order valence-electron chi connectivity index (χ4n) is 4.75. The largest absolute Gasteiger partial charge is 0.382 e. The number of fused-ring (bicyclic) bond motifs is 2. The molecule has 12 heteroatoms. The van der Waals surface area contributed by atoms with Crippen LogP contribution in [0.25, 0.3) is 56.0 Å². The Balaban J connectivity index is 1.40. The van der Waals surface area contributed by atoms with Crippen molar-refractivity contribution < 1.29 is 12.8 Å². The van der Waals surface area contributed by atoms with Crippen LogP contribution in [0.4, 0.5) is 10.1 Å². The Morgan fingerprint density at radius 3 is 2.63 bits per heavy atom. The van der Waals surface area contributed by atoms with Crippen molar-refractivity contribution in [3.63, 3.8) is 0 Å². The van der Waals surface area contributed by atoms with Crippen LogP contribution in [0.15, 0.2) is 61.2 Å². The van der Waals surface area contributed by atoms with Gasteiger partial charge in [0.05, 0.1) is 28.0 Å². The van der Waals surface area contributed by atoms with Gasteiger partial charge in [-0.1, -0.05) is 0 Å². The maximum absolute atomic E-state index is 14.6. The number of halogens is 1. The average molecular weight is 571 g/mol. The lowest BCUT2D eigenvalue weighted by atomic mass is 10.0. The van der Waals surface area contributed by atoms with E-state index in [1.807, 2.05) is 12.1 Å². The maximum Gasteiger partial charge on any atom is 0.181 e. The summed E-state index contributed by atoms with van der Waals surface area (Å²) in [5.41, 5.74) is 6.69. The summed E-state index contributed by atoms with van der Waals surface area (Å²) in [4.78, 5) is 21.5. The highest BCUT2D eigenvalue weighted by Gasteiger charge is 2.18. The zero-order valence-corrected chi connectivity index (χ0v) is 23.4. The SMILES string of the molecule is CC(C)Nc1cncc(-c2cnc3n[nH]c(-c4nc5c(-c6cc(F)cc(CCS(C)(=O)=O)c6)nccc5[nH]4)c3c2)c1. The van der Waals surface area contributed by atoms with Crippen LogP contribution in [0.2, 0.25) is 0 Å². The third-order valence-corrected chi connectivity index (χ3v) is 7.51. The van der Waals surface area contributed by atoms with Crippen LogP contribution >= 0.6 is 0 Å². The van der Waals surface area contributed by atoms with Crippen LogP contribution in [0.1, 0.15) is 19.4 Å². The zero-order chi connectivity index (χ0) is 28.7. The molecule has 0 unspecified atom stereocenters. The number of anilines is 1. The van der Waals surface area contributed by atoms with Crippen molar-refractivity contribution in [3.8, 4) is 33.9 Å². The molecule has 0 saturated carbocycles. The lowest BCUT2D eigenvalue weighted by Gasteiger charge is -2.10. The van der Waals surface area contributed by atoms with E-state index in [1.54, 1.807) is 36.9 Å². The number of nitrogens with zero attached hydrogens (tertiary/aromatic N) is 5. The first-order valence-corrected chi connectivity index (χ1v) is 15.1. The van der Waals surface area contributed by atoms with E-state index in [4.69, 9.17) is 4.98 Å². The number of aryl methyl sites for hydroxylation is 1. The molecule has 0 radical (unpaired) electrons. The predicted molar refractivity (Wildman–Crippen MR) is 158 cm³/mol. The van der Waals surface area contributed by atoms with Crippen molar-refractivity contribution in [2.75, 3.05) is 17.3 Å². The van der Waals surface area contributed by atoms with Crippen LogP contribution in [-0.4, -0.2) is 61.6 Å². The third kappa shape index (κ3) is 5.64. The van der Waals surface area contributed by atoms with Crippen molar-refractivity contribution in [1.29, 1.82) is 0 Å². The van der Waals surface area contributed by atoms with Gasteiger partial charge in [0.1, 0.15) is 26.9 Å². The summed E-state index contributed by atoms with van der Waals surface area (Å²) < 4.78 is 37.9. The summed E-state index contributed by atoms with van der Waals surface area (Å²) in [7, 11) is -3.19. The molecule has 0 atom stereocenters. The Bertz CT molecular complexity index is 2020. The Morgan fingerprint density at radius 1 is 1.00 bits per heavy atom. The van der Waals surface area contributed by atoms with E-state index < -0.39 is 15.7 Å². The van der Waals surface area contributed by atoms with Gasteiger partial charge in [0.15, 0.2) is 11.5 Å². The molecule has 41 heavy (non-hydrogen) atoms. The summed E-state index contributed by atoms with van der Waals surface area (Å²) >= 11 is 0. The van der Waals surface area contributed by atoms with Crippen LogP contribution in [-0.2, 0) is 16.3 Å². The Morgan fingerprint density at radius 2 is 1.83 bits per heavy atom. The molecule has 0 fully saturated rings. The van der Waals surface area contributed by atoms with E-state index in [-0.39, 0.29) is 18.2 Å². The monoisotopic (exact) mass is 570 g/mol. The van der Waals surface area contributed by atoms with Gasteiger partial charge in [-0.05, 0) is 62.2 Å². The van der Waals surface area contributed by atoms with Crippen LogP contribution < -0.4 is 5.32 Å². The normalized spacial score (nSPS) is 12.0. The van der Waals surface area contributed by atoms with Gasteiger partial charge < -0.3 is 10.3 Å². The molecule has 0 amide bonds. The van der Waals surface area contributed by atoms with Gasteiger partial charge in [-0.15, -0.1) is 0 Å². The molecule has 10 nitrogen and oxygen atoms in total. The van der Waals surface area contributed by atoms with Crippen LogP contribution in [0.5, 0.6) is 0 Å². The number of hydrogen-bond acceptors (Lipinski definition) is 8. The number of rotatable bonds is 8. The average Bonchev–Trinajstić information content (AvgIpc) is 3.54. The Hall–Kier alpha value is -4.71. The van der Waals surface area contributed by atoms with Crippen LogP contribution in [0.3, 0.4) is 0 Å². The molecule has 0 bridgehead atoms. The molecule has 0 spiro atoms. The summed E-state index contributed by atoms with van der Waals surface area (Å²) in [6.07, 6.45) is 8.32. The molecule has 6 rings (SSSR count). The van der Waals surface area contributed by atoms with Gasteiger partial charge in [0.25, 0.3) is 0 Å². The molecular formula is C29H27FN8O2S. The highest BCUT2D eigenvalue weighted by atomic mass is 32.2. The second kappa shape index (κ2) is 10.4.